The Hall–Kier alpha value is -2.40. The van der Waals surface area contributed by atoms with E-state index in [9.17, 15) is 14.7 Å². The van der Waals surface area contributed by atoms with E-state index in [0.29, 0.717) is 18.0 Å². The molecule has 1 aliphatic heterocycles. The Morgan fingerprint density at radius 2 is 2.04 bits per heavy atom. The van der Waals surface area contributed by atoms with E-state index in [2.05, 4.69) is 22.0 Å². The summed E-state index contributed by atoms with van der Waals surface area (Å²) >= 11 is 0. The molecule has 2 heterocycles. The quantitative estimate of drug-likeness (QED) is 0.910. The number of nitrogens with zero attached hydrogens (tertiary/aromatic N) is 1. The molecule has 0 amide bonds. The highest BCUT2D eigenvalue weighted by atomic mass is 16.4. The minimum Gasteiger partial charge on any atom is -0.478 e. The van der Waals surface area contributed by atoms with Crippen molar-refractivity contribution in [3.05, 3.63) is 58.9 Å². The number of hydrogen-bond acceptors (Lipinski definition) is 3. The number of fused-ring (bicyclic) bond motifs is 2. The molecule has 5 nitrogen and oxygen atoms in total. The van der Waals surface area contributed by atoms with Crippen molar-refractivity contribution in [2.45, 2.75) is 19.4 Å². The molecule has 24 heavy (non-hydrogen) atoms. The fourth-order valence-corrected chi connectivity index (χ4v) is 4.15. The number of H-pyrrole nitrogens is 1. The number of Topliss-reactive ketones (excluding diaryl/α,β-unsaturated/α-hetero) is 1. The summed E-state index contributed by atoms with van der Waals surface area (Å²) in [5, 5.41) is 9.34. The van der Waals surface area contributed by atoms with Crippen LogP contribution in [0.5, 0.6) is 0 Å². The van der Waals surface area contributed by atoms with Crippen LogP contribution >= 0.6 is 0 Å². The molecule has 0 spiro atoms. The van der Waals surface area contributed by atoms with Gasteiger partial charge in [-0.15, -0.1) is 0 Å². The van der Waals surface area contributed by atoms with Crippen molar-refractivity contribution in [3.63, 3.8) is 0 Å². The van der Waals surface area contributed by atoms with Crippen molar-refractivity contribution in [1.82, 2.24) is 9.88 Å². The van der Waals surface area contributed by atoms with Crippen molar-refractivity contribution in [3.8, 4) is 0 Å². The normalized spacial score (nSPS) is 23.6. The smallest absolute Gasteiger partial charge is 0.337 e. The van der Waals surface area contributed by atoms with E-state index < -0.39 is 5.97 Å². The third kappa shape index (κ3) is 2.55. The summed E-state index contributed by atoms with van der Waals surface area (Å²) in [4.78, 5) is 29.7. The van der Waals surface area contributed by atoms with Crippen molar-refractivity contribution in [2.24, 2.45) is 11.8 Å². The summed E-state index contributed by atoms with van der Waals surface area (Å²) in [7, 11) is 0. The fraction of sp³-hybridized carbons (Fsp3) is 0.368. The van der Waals surface area contributed by atoms with Gasteiger partial charge in [0.15, 0.2) is 5.78 Å². The Bertz CT molecular complexity index is 781. The van der Waals surface area contributed by atoms with Crippen LogP contribution in [0.3, 0.4) is 0 Å². The first-order valence-corrected chi connectivity index (χ1v) is 8.37. The molecule has 2 atom stereocenters. The second-order valence-electron chi connectivity index (χ2n) is 6.81. The van der Waals surface area contributed by atoms with Gasteiger partial charge in [-0.05, 0) is 24.3 Å². The number of carboxylic acid groups (broad SMARTS) is 1. The number of likely N-dealkylation sites (tertiary alicyclic amines) is 1. The Kier molecular flexibility index (Phi) is 3.73. The molecule has 4 rings (SSSR count). The molecule has 5 heteroatoms. The van der Waals surface area contributed by atoms with Gasteiger partial charge in [0.05, 0.1) is 11.1 Å². The van der Waals surface area contributed by atoms with E-state index >= 15 is 0 Å². The van der Waals surface area contributed by atoms with E-state index in [1.807, 2.05) is 18.2 Å². The van der Waals surface area contributed by atoms with E-state index in [-0.39, 0.29) is 17.3 Å². The molecule has 1 aromatic heterocycles. The second kappa shape index (κ2) is 5.91. The lowest BCUT2D eigenvalue weighted by Gasteiger charge is -2.16. The average Bonchev–Trinajstić information content (AvgIpc) is 3.14. The van der Waals surface area contributed by atoms with Crippen molar-refractivity contribution in [1.29, 1.82) is 0 Å². The number of hydrogen-bond donors (Lipinski definition) is 2. The maximum Gasteiger partial charge on any atom is 0.337 e. The summed E-state index contributed by atoms with van der Waals surface area (Å²) in [6.45, 7) is 2.45. The number of aryl methyl sites for hydroxylation is 1. The number of rotatable bonds is 3. The Morgan fingerprint density at radius 3 is 2.79 bits per heavy atom. The third-order valence-electron chi connectivity index (χ3n) is 5.31. The van der Waals surface area contributed by atoms with Crippen molar-refractivity contribution >= 4 is 11.8 Å². The van der Waals surface area contributed by atoms with Crippen LogP contribution in [-0.4, -0.2) is 39.8 Å². The number of aromatic carboxylic acids is 1. The lowest BCUT2D eigenvalue weighted by Crippen LogP contribution is -2.24. The first-order valence-electron chi connectivity index (χ1n) is 8.37. The van der Waals surface area contributed by atoms with Gasteiger partial charge in [-0.25, -0.2) is 4.79 Å². The van der Waals surface area contributed by atoms with Crippen LogP contribution < -0.4 is 0 Å². The van der Waals surface area contributed by atoms with Crippen LogP contribution in [0.15, 0.2) is 36.5 Å². The molecule has 0 bridgehead atoms. The number of benzene rings is 1. The Morgan fingerprint density at radius 1 is 1.25 bits per heavy atom. The predicted octanol–water partition coefficient (Wildman–Crippen LogP) is 2.59. The van der Waals surface area contributed by atoms with Crippen LogP contribution in [0, 0.1) is 11.8 Å². The summed E-state index contributed by atoms with van der Waals surface area (Å²) in [6.07, 6.45) is 3.13. The highest BCUT2D eigenvalue weighted by molar-refractivity contribution is 6.08. The molecule has 2 unspecified atom stereocenters. The van der Waals surface area contributed by atoms with Gasteiger partial charge in [0.2, 0.25) is 0 Å². The summed E-state index contributed by atoms with van der Waals surface area (Å²) < 4.78 is 0. The summed E-state index contributed by atoms with van der Waals surface area (Å²) in [6, 6.07) is 10.3. The lowest BCUT2D eigenvalue weighted by atomic mass is 9.88. The topological polar surface area (TPSA) is 73.4 Å². The van der Waals surface area contributed by atoms with Gasteiger partial charge in [-0.3, -0.25) is 9.69 Å². The molecule has 0 saturated carbocycles. The van der Waals surface area contributed by atoms with Gasteiger partial charge >= 0.3 is 5.97 Å². The molecule has 1 saturated heterocycles. The molecule has 2 aliphatic rings. The number of aromatic amines is 1. The zero-order valence-electron chi connectivity index (χ0n) is 13.4. The molecule has 124 valence electrons. The van der Waals surface area contributed by atoms with Crippen molar-refractivity contribution < 1.29 is 14.7 Å². The minimum atomic E-state index is -1.03. The zero-order chi connectivity index (χ0) is 16.7. The highest BCUT2D eigenvalue weighted by Crippen LogP contribution is 2.36. The standard InChI is InChI=1S/C19H20N2O3/c22-18-15-11-21(9-12-4-2-1-3-5-12)10-13(15)6-7-16-17(18)14(8-20-16)19(23)24/h1-5,8,13,15,20H,6-7,9-11H2,(H,23,24). The van der Waals surface area contributed by atoms with Crippen LogP contribution in [0.1, 0.15) is 38.4 Å². The zero-order valence-corrected chi connectivity index (χ0v) is 13.4. The van der Waals surface area contributed by atoms with Gasteiger partial charge < -0.3 is 10.1 Å². The predicted molar refractivity (Wildman–Crippen MR) is 89.1 cm³/mol. The number of carboxylic acids is 1. The minimum absolute atomic E-state index is 0.00158. The first kappa shape index (κ1) is 15.1. The second-order valence-corrected chi connectivity index (χ2v) is 6.81. The number of nitrogens with one attached hydrogen (secondary N) is 1. The van der Waals surface area contributed by atoms with Crippen LogP contribution in [0.2, 0.25) is 0 Å². The average molecular weight is 324 g/mol. The SMILES string of the molecule is O=C(O)c1c[nH]c2c1C(=O)C1CN(Cc3ccccc3)CC1CC2. The summed E-state index contributed by atoms with van der Waals surface area (Å²) in [5.74, 6) is -0.812. The van der Waals surface area contributed by atoms with Crippen LogP contribution in [0.25, 0.3) is 0 Å². The maximum atomic E-state index is 13.0. The van der Waals surface area contributed by atoms with Gasteiger partial charge in [-0.2, -0.15) is 0 Å². The molecule has 1 aliphatic carbocycles. The number of aromatic nitrogens is 1. The van der Waals surface area contributed by atoms with Crippen LogP contribution in [0.4, 0.5) is 0 Å². The fourth-order valence-electron chi connectivity index (χ4n) is 4.15. The molecule has 2 aromatic rings. The molecular weight excluding hydrogens is 304 g/mol. The molecule has 1 fully saturated rings. The van der Waals surface area contributed by atoms with Gasteiger partial charge in [0, 0.05) is 37.4 Å². The van der Waals surface area contributed by atoms with Crippen LogP contribution in [-0.2, 0) is 13.0 Å². The molecule has 1 aromatic carbocycles. The third-order valence-corrected chi connectivity index (χ3v) is 5.31. The number of carbonyl (C=O) groups excluding carboxylic acids is 1. The van der Waals surface area contributed by atoms with E-state index in [4.69, 9.17) is 0 Å². The number of carbonyl (C=O) groups is 2. The largest absolute Gasteiger partial charge is 0.478 e. The van der Waals surface area contributed by atoms with Gasteiger partial charge in [0.1, 0.15) is 0 Å². The van der Waals surface area contributed by atoms with E-state index in [0.717, 1.165) is 31.6 Å². The van der Waals surface area contributed by atoms with Gasteiger partial charge in [-0.1, -0.05) is 30.3 Å². The van der Waals surface area contributed by atoms with Crippen molar-refractivity contribution in [2.75, 3.05) is 13.1 Å². The molecule has 0 radical (unpaired) electrons. The van der Waals surface area contributed by atoms with E-state index in [1.54, 1.807) is 0 Å². The highest BCUT2D eigenvalue weighted by Gasteiger charge is 2.42. The Labute approximate surface area is 140 Å². The first-order chi connectivity index (χ1) is 11.6. The lowest BCUT2D eigenvalue weighted by molar-refractivity contribution is 0.0690. The van der Waals surface area contributed by atoms with Gasteiger partial charge in [0.25, 0.3) is 0 Å². The molecular formula is C19H20N2O3. The number of ketones is 1. The Balaban J connectivity index is 1.57. The summed E-state index contributed by atoms with van der Waals surface area (Å²) in [5.41, 5.74) is 2.57. The maximum absolute atomic E-state index is 13.0. The monoisotopic (exact) mass is 324 g/mol. The molecule has 2 N–H and O–H groups in total. The van der Waals surface area contributed by atoms with E-state index in [1.165, 1.54) is 11.8 Å².